The van der Waals surface area contributed by atoms with Crippen LogP contribution in [0.3, 0.4) is 0 Å². The van der Waals surface area contributed by atoms with Gasteiger partial charge in [0.15, 0.2) is 0 Å². The molecule has 0 spiro atoms. The Morgan fingerprint density at radius 3 is 2.38 bits per heavy atom. The van der Waals surface area contributed by atoms with Crippen LogP contribution in [0.4, 0.5) is 0 Å². The van der Waals surface area contributed by atoms with Crippen molar-refractivity contribution in [2.75, 3.05) is 32.7 Å². The molecule has 0 bridgehead atoms. The highest BCUT2D eigenvalue weighted by Crippen LogP contribution is 2.15. The maximum absolute atomic E-state index is 12.7. The number of hydrogen-bond acceptors (Lipinski definition) is 5. The highest BCUT2D eigenvalue weighted by molar-refractivity contribution is 7.89. The zero-order valence-electron chi connectivity index (χ0n) is 14.7. The molecule has 3 rings (SSSR count). The maximum Gasteiger partial charge on any atom is 0.253 e. The molecule has 0 atom stereocenters. The van der Waals surface area contributed by atoms with Crippen LogP contribution in [-0.2, 0) is 16.6 Å². The van der Waals surface area contributed by atoms with Crippen molar-refractivity contribution < 1.29 is 13.2 Å². The molecule has 0 radical (unpaired) electrons. The van der Waals surface area contributed by atoms with Gasteiger partial charge in [0.25, 0.3) is 5.91 Å². The van der Waals surface area contributed by atoms with Gasteiger partial charge in [-0.05, 0) is 46.7 Å². The first-order chi connectivity index (χ1) is 12.5. The van der Waals surface area contributed by atoms with Crippen LogP contribution in [0.25, 0.3) is 0 Å². The fourth-order valence-corrected chi connectivity index (χ4v) is 4.68. The van der Waals surface area contributed by atoms with Gasteiger partial charge in [0, 0.05) is 44.8 Å². The van der Waals surface area contributed by atoms with Gasteiger partial charge in [-0.15, -0.1) is 0 Å². The SMILES string of the molecule is CCNS(=O)(=O)c1ccc(C(=O)N2CCN(Cc3ccsc3)CC2)cc1. The van der Waals surface area contributed by atoms with E-state index in [1.807, 2.05) is 4.90 Å². The van der Waals surface area contributed by atoms with Crippen molar-refractivity contribution in [3.8, 4) is 0 Å². The molecule has 6 nitrogen and oxygen atoms in total. The van der Waals surface area contributed by atoms with Crippen LogP contribution in [0.1, 0.15) is 22.8 Å². The maximum atomic E-state index is 12.7. The first-order valence-electron chi connectivity index (χ1n) is 8.62. The monoisotopic (exact) mass is 393 g/mol. The zero-order chi connectivity index (χ0) is 18.6. The topological polar surface area (TPSA) is 69.7 Å². The molecule has 1 amide bonds. The lowest BCUT2D eigenvalue weighted by Crippen LogP contribution is -2.48. The lowest BCUT2D eigenvalue weighted by molar-refractivity contribution is 0.0628. The molecule has 2 heterocycles. The smallest absolute Gasteiger partial charge is 0.253 e. The molecule has 1 fully saturated rings. The predicted octanol–water partition coefficient (Wildman–Crippen LogP) is 2.00. The summed E-state index contributed by atoms with van der Waals surface area (Å²) in [6.07, 6.45) is 0. The van der Waals surface area contributed by atoms with Crippen LogP contribution in [0.15, 0.2) is 46.0 Å². The molecule has 0 unspecified atom stereocenters. The predicted molar refractivity (Wildman–Crippen MR) is 103 cm³/mol. The number of carbonyl (C=O) groups excluding carboxylic acids is 1. The lowest BCUT2D eigenvalue weighted by Gasteiger charge is -2.34. The largest absolute Gasteiger partial charge is 0.336 e. The number of nitrogens with zero attached hydrogens (tertiary/aromatic N) is 2. The van der Waals surface area contributed by atoms with E-state index in [0.717, 1.165) is 19.6 Å². The fourth-order valence-electron chi connectivity index (χ4n) is 2.98. The van der Waals surface area contributed by atoms with E-state index in [0.29, 0.717) is 25.2 Å². The molecule has 26 heavy (non-hydrogen) atoms. The molecular weight excluding hydrogens is 370 g/mol. The Balaban J connectivity index is 1.58. The van der Waals surface area contributed by atoms with E-state index in [4.69, 9.17) is 0 Å². The van der Waals surface area contributed by atoms with Crippen LogP contribution in [0.5, 0.6) is 0 Å². The minimum atomic E-state index is -3.49. The number of thiophene rings is 1. The Morgan fingerprint density at radius 1 is 1.12 bits per heavy atom. The molecule has 1 aliphatic rings. The van der Waals surface area contributed by atoms with Crippen molar-refractivity contribution in [2.45, 2.75) is 18.4 Å². The second-order valence-corrected chi connectivity index (χ2v) is 8.77. The Hall–Kier alpha value is -1.74. The molecule has 0 aliphatic carbocycles. The van der Waals surface area contributed by atoms with Crippen molar-refractivity contribution in [2.24, 2.45) is 0 Å². The third-order valence-corrected chi connectivity index (χ3v) is 6.69. The number of rotatable bonds is 6. The van der Waals surface area contributed by atoms with Gasteiger partial charge in [-0.2, -0.15) is 11.3 Å². The number of nitrogens with one attached hydrogen (secondary N) is 1. The standard InChI is InChI=1S/C18H23N3O3S2/c1-2-19-26(23,24)17-5-3-16(4-6-17)18(22)21-10-8-20(9-11-21)13-15-7-12-25-14-15/h3-7,12,14,19H,2,8-11,13H2,1H3. The number of benzene rings is 1. The Kier molecular flexibility index (Phi) is 6.08. The summed E-state index contributed by atoms with van der Waals surface area (Å²) in [6, 6.07) is 8.27. The highest BCUT2D eigenvalue weighted by Gasteiger charge is 2.22. The van der Waals surface area contributed by atoms with Crippen molar-refractivity contribution in [3.63, 3.8) is 0 Å². The van der Waals surface area contributed by atoms with E-state index < -0.39 is 10.0 Å². The molecule has 0 saturated carbocycles. The van der Waals surface area contributed by atoms with Gasteiger partial charge in [-0.25, -0.2) is 13.1 Å². The van der Waals surface area contributed by atoms with Crippen LogP contribution in [0, 0.1) is 0 Å². The Labute approximate surface area is 158 Å². The van der Waals surface area contributed by atoms with Gasteiger partial charge >= 0.3 is 0 Å². The first-order valence-corrected chi connectivity index (χ1v) is 11.0. The van der Waals surface area contributed by atoms with E-state index in [1.165, 1.54) is 17.7 Å². The van der Waals surface area contributed by atoms with Crippen LogP contribution < -0.4 is 4.72 Å². The van der Waals surface area contributed by atoms with E-state index in [1.54, 1.807) is 30.4 Å². The summed E-state index contributed by atoms with van der Waals surface area (Å²) in [5, 5.41) is 4.23. The first kappa shape index (κ1) is 19.0. The summed E-state index contributed by atoms with van der Waals surface area (Å²) in [6.45, 7) is 6.03. The molecule has 1 aromatic carbocycles. The summed E-state index contributed by atoms with van der Waals surface area (Å²) < 4.78 is 26.4. The third-order valence-electron chi connectivity index (χ3n) is 4.39. The van der Waals surface area contributed by atoms with Gasteiger partial charge < -0.3 is 4.90 Å². The van der Waals surface area contributed by atoms with Crippen molar-refractivity contribution in [1.82, 2.24) is 14.5 Å². The number of carbonyl (C=O) groups is 1. The molecule has 1 saturated heterocycles. The number of piperazine rings is 1. The van der Waals surface area contributed by atoms with Gasteiger partial charge in [0.2, 0.25) is 10.0 Å². The number of amides is 1. The number of hydrogen-bond donors (Lipinski definition) is 1. The van der Waals surface area contributed by atoms with E-state index in [2.05, 4.69) is 26.4 Å². The van der Waals surface area contributed by atoms with Crippen molar-refractivity contribution >= 4 is 27.3 Å². The van der Waals surface area contributed by atoms with Gasteiger partial charge in [0.05, 0.1) is 4.90 Å². The zero-order valence-corrected chi connectivity index (χ0v) is 16.4. The molecule has 2 aromatic rings. The van der Waals surface area contributed by atoms with Crippen molar-refractivity contribution in [3.05, 3.63) is 52.2 Å². The van der Waals surface area contributed by atoms with Crippen LogP contribution in [-0.4, -0.2) is 56.8 Å². The van der Waals surface area contributed by atoms with Gasteiger partial charge in [0.1, 0.15) is 0 Å². The Morgan fingerprint density at radius 2 is 1.81 bits per heavy atom. The lowest BCUT2D eigenvalue weighted by atomic mass is 10.2. The normalized spacial score (nSPS) is 16.0. The molecule has 1 aromatic heterocycles. The summed E-state index contributed by atoms with van der Waals surface area (Å²) in [5.74, 6) is -0.0485. The van der Waals surface area contributed by atoms with E-state index in [9.17, 15) is 13.2 Å². The Bertz CT molecular complexity index is 825. The molecule has 1 aliphatic heterocycles. The molecule has 8 heteroatoms. The third kappa shape index (κ3) is 4.50. The fraction of sp³-hybridized carbons (Fsp3) is 0.389. The van der Waals surface area contributed by atoms with Gasteiger partial charge in [-0.1, -0.05) is 6.92 Å². The van der Waals surface area contributed by atoms with Gasteiger partial charge in [-0.3, -0.25) is 9.69 Å². The van der Waals surface area contributed by atoms with E-state index in [-0.39, 0.29) is 10.8 Å². The summed E-state index contributed by atoms with van der Waals surface area (Å²) in [7, 11) is -3.49. The van der Waals surface area contributed by atoms with Crippen molar-refractivity contribution in [1.29, 1.82) is 0 Å². The van der Waals surface area contributed by atoms with Crippen LogP contribution >= 0.6 is 11.3 Å². The second kappa shape index (κ2) is 8.30. The molecular formula is C18H23N3O3S2. The molecule has 140 valence electrons. The average Bonchev–Trinajstić information content (AvgIpc) is 3.15. The average molecular weight is 394 g/mol. The number of sulfonamides is 1. The second-order valence-electron chi connectivity index (χ2n) is 6.23. The summed E-state index contributed by atoms with van der Waals surface area (Å²) >= 11 is 1.70. The minimum absolute atomic E-state index is 0.0485. The molecule has 1 N–H and O–H groups in total. The van der Waals surface area contributed by atoms with Crippen LogP contribution in [0.2, 0.25) is 0 Å². The summed E-state index contributed by atoms with van der Waals surface area (Å²) in [4.78, 5) is 17.0. The minimum Gasteiger partial charge on any atom is -0.336 e. The van der Waals surface area contributed by atoms with E-state index >= 15 is 0 Å². The quantitative estimate of drug-likeness (QED) is 0.815. The summed E-state index contributed by atoms with van der Waals surface area (Å²) in [5.41, 5.74) is 1.83. The highest BCUT2D eigenvalue weighted by atomic mass is 32.2.